The lowest BCUT2D eigenvalue weighted by atomic mass is 10.5. The van der Waals surface area contributed by atoms with Gasteiger partial charge in [-0.1, -0.05) is 16.9 Å². The first kappa shape index (κ1) is 11.2. The number of ether oxygens (including phenoxy) is 1. The molecule has 2 rings (SSSR count). The van der Waals surface area contributed by atoms with Gasteiger partial charge in [0.05, 0.1) is 5.25 Å². The first-order valence-electron chi connectivity index (χ1n) is 4.77. The number of rotatable bonds is 5. The number of nitrogens with zero attached hydrogens (tertiary/aromatic N) is 3. The number of hydrogen-bond donors (Lipinski definition) is 1. The zero-order valence-corrected chi connectivity index (χ0v) is 9.82. The van der Waals surface area contributed by atoms with Crippen LogP contribution in [-0.2, 0) is 11.3 Å². The van der Waals surface area contributed by atoms with Crippen LogP contribution in [0.25, 0.3) is 0 Å². The molecule has 0 bridgehead atoms. The van der Waals surface area contributed by atoms with E-state index in [0.717, 1.165) is 5.16 Å². The van der Waals surface area contributed by atoms with Crippen LogP contribution in [0.4, 0.5) is 0 Å². The van der Waals surface area contributed by atoms with Crippen LogP contribution in [-0.4, -0.2) is 27.2 Å². The minimum Gasteiger partial charge on any atom is -0.377 e. The Morgan fingerprint density at radius 2 is 2.50 bits per heavy atom. The summed E-state index contributed by atoms with van der Waals surface area (Å²) < 4.78 is 10.0. The van der Waals surface area contributed by atoms with Crippen LogP contribution in [0.3, 0.4) is 0 Å². The van der Waals surface area contributed by atoms with E-state index in [4.69, 9.17) is 9.26 Å². The van der Waals surface area contributed by atoms with Crippen molar-refractivity contribution in [3.05, 3.63) is 24.1 Å². The van der Waals surface area contributed by atoms with Crippen LogP contribution in [0.2, 0.25) is 0 Å². The van der Waals surface area contributed by atoms with E-state index in [1.165, 1.54) is 11.8 Å². The van der Waals surface area contributed by atoms with Crippen LogP contribution >= 0.6 is 11.8 Å². The third-order valence-corrected chi connectivity index (χ3v) is 2.87. The van der Waals surface area contributed by atoms with Gasteiger partial charge in [-0.15, -0.1) is 0 Å². The summed E-state index contributed by atoms with van der Waals surface area (Å²) in [6.07, 6.45) is 3.48. The molecule has 0 aromatic carbocycles. The van der Waals surface area contributed by atoms with Gasteiger partial charge in [-0.05, 0) is 6.92 Å². The summed E-state index contributed by atoms with van der Waals surface area (Å²) in [5.41, 5.74) is 0. The molecule has 0 aliphatic rings. The van der Waals surface area contributed by atoms with E-state index < -0.39 is 0 Å². The molecule has 2 aromatic rings. The van der Waals surface area contributed by atoms with Gasteiger partial charge >= 0.3 is 0 Å². The number of imidazole rings is 1. The first-order chi connectivity index (χ1) is 7.79. The van der Waals surface area contributed by atoms with E-state index in [2.05, 4.69) is 20.1 Å². The second-order valence-corrected chi connectivity index (χ2v) is 4.47. The Labute approximate surface area is 96.8 Å². The average Bonchev–Trinajstić information content (AvgIpc) is 2.89. The van der Waals surface area contributed by atoms with Crippen molar-refractivity contribution < 1.29 is 9.26 Å². The maximum absolute atomic E-state index is 5.12. The van der Waals surface area contributed by atoms with Crippen molar-refractivity contribution in [2.75, 3.05) is 7.11 Å². The molecular formula is C9H12N4O2S. The number of H-pyrrole nitrogens is 1. The van der Waals surface area contributed by atoms with Crippen LogP contribution in [0, 0.1) is 0 Å². The lowest BCUT2D eigenvalue weighted by Gasteiger charge is -2.01. The van der Waals surface area contributed by atoms with E-state index >= 15 is 0 Å². The van der Waals surface area contributed by atoms with Crippen molar-refractivity contribution in [3.63, 3.8) is 0 Å². The Bertz CT molecular complexity index is 428. The molecule has 1 N–H and O–H groups in total. The second-order valence-electron chi connectivity index (χ2n) is 3.14. The molecule has 0 saturated heterocycles. The molecule has 7 heteroatoms. The summed E-state index contributed by atoms with van der Waals surface area (Å²) in [6, 6.07) is 0. The topological polar surface area (TPSA) is 76.8 Å². The van der Waals surface area contributed by atoms with E-state index in [9.17, 15) is 0 Å². The highest BCUT2D eigenvalue weighted by molar-refractivity contribution is 7.99. The average molecular weight is 240 g/mol. The fourth-order valence-electron chi connectivity index (χ4n) is 1.15. The van der Waals surface area contributed by atoms with E-state index in [1.807, 2.05) is 6.92 Å². The molecule has 0 unspecified atom stereocenters. The Balaban J connectivity index is 2.00. The highest BCUT2D eigenvalue weighted by Gasteiger charge is 2.16. The molecule has 0 amide bonds. The van der Waals surface area contributed by atoms with Gasteiger partial charge in [0.1, 0.15) is 6.61 Å². The summed E-state index contributed by atoms with van der Waals surface area (Å²) >= 11 is 1.53. The van der Waals surface area contributed by atoms with Crippen molar-refractivity contribution >= 4 is 11.8 Å². The SMILES string of the molecule is COCc1noc([C@@H](C)Sc2ncc[nH]2)n1. The Morgan fingerprint density at radius 1 is 1.62 bits per heavy atom. The number of aromatic nitrogens is 4. The zero-order valence-electron chi connectivity index (χ0n) is 9.01. The first-order valence-corrected chi connectivity index (χ1v) is 5.65. The molecule has 2 aromatic heterocycles. The lowest BCUT2D eigenvalue weighted by Crippen LogP contribution is -1.92. The monoisotopic (exact) mass is 240 g/mol. The van der Waals surface area contributed by atoms with Gasteiger partial charge in [0.2, 0.25) is 5.89 Å². The molecule has 16 heavy (non-hydrogen) atoms. The molecule has 0 saturated carbocycles. The number of thioether (sulfide) groups is 1. The maximum Gasteiger partial charge on any atom is 0.240 e. The Morgan fingerprint density at radius 3 is 3.19 bits per heavy atom. The molecule has 0 radical (unpaired) electrons. The molecule has 6 nitrogen and oxygen atoms in total. The number of methoxy groups -OCH3 is 1. The fourth-order valence-corrected chi connectivity index (χ4v) is 1.94. The van der Waals surface area contributed by atoms with Crippen molar-refractivity contribution in [3.8, 4) is 0 Å². The standard InChI is InChI=1S/C9H12N4O2S/c1-6(16-9-10-3-4-11-9)8-12-7(5-14-2)13-15-8/h3-4,6H,5H2,1-2H3,(H,10,11)/t6-/m1/s1. The summed E-state index contributed by atoms with van der Waals surface area (Å²) in [6.45, 7) is 2.35. The zero-order chi connectivity index (χ0) is 11.4. The van der Waals surface area contributed by atoms with Crippen molar-refractivity contribution in [1.29, 1.82) is 0 Å². The number of hydrogen-bond acceptors (Lipinski definition) is 6. The van der Waals surface area contributed by atoms with Crippen LogP contribution in [0.1, 0.15) is 23.9 Å². The van der Waals surface area contributed by atoms with Crippen LogP contribution in [0.5, 0.6) is 0 Å². The minimum absolute atomic E-state index is 0.0595. The van der Waals surface area contributed by atoms with Crippen LogP contribution in [0.15, 0.2) is 22.1 Å². The number of nitrogens with one attached hydrogen (secondary N) is 1. The molecule has 86 valence electrons. The lowest BCUT2D eigenvalue weighted by molar-refractivity contribution is 0.174. The molecule has 0 fully saturated rings. The largest absolute Gasteiger partial charge is 0.377 e. The molecular weight excluding hydrogens is 228 g/mol. The van der Waals surface area contributed by atoms with Gasteiger partial charge in [0, 0.05) is 19.5 Å². The highest BCUT2D eigenvalue weighted by atomic mass is 32.2. The molecule has 0 aliphatic carbocycles. The normalized spacial score (nSPS) is 12.9. The summed E-state index contributed by atoms with van der Waals surface area (Å²) in [4.78, 5) is 11.3. The summed E-state index contributed by atoms with van der Waals surface area (Å²) in [7, 11) is 1.59. The van der Waals surface area contributed by atoms with Gasteiger partial charge in [-0.25, -0.2) is 4.98 Å². The molecule has 1 atom stereocenters. The molecule has 0 aliphatic heterocycles. The predicted molar refractivity (Wildman–Crippen MR) is 57.9 cm³/mol. The van der Waals surface area contributed by atoms with Crippen molar-refractivity contribution in [2.24, 2.45) is 0 Å². The summed E-state index contributed by atoms with van der Waals surface area (Å²) in [5, 5.41) is 4.69. The summed E-state index contributed by atoms with van der Waals surface area (Å²) in [5.74, 6) is 1.14. The highest BCUT2D eigenvalue weighted by Crippen LogP contribution is 2.31. The molecule has 2 heterocycles. The third-order valence-electron chi connectivity index (χ3n) is 1.87. The van der Waals surface area contributed by atoms with Gasteiger partial charge in [-0.3, -0.25) is 0 Å². The van der Waals surface area contributed by atoms with Gasteiger partial charge in [0.25, 0.3) is 0 Å². The van der Waals surface area contributed by atoms with E-state index in [-0.39, 0.29) is 5.25 Å². The Hall–Kier alpha value is -1.34. The van der Waals surface area contributed by atoms with Gasteiger partial charge in [-0.2, -0.15) is 4.98 Å². The quantitative estimate of drug-likeness (QED) is 0.803. The van der Waals surface area contributed by atoms with E-state index in [1.54, 1.807) is 19.5 Å². The maximum atomic E-state index is 5.12. The van der Waals surface area contributed by atoms with Crippen LogP contribution < -0.4 is 0 Å². The van der Waals surface area contributed by atoms with Crippen molar-refractivity contribution in [2.45, 2.75) is 23.9 Å². The third kappa shape index (κ3) is 2.61. The Kier molecular flexibility index (Phi) is 3.58. The smallest absolute Gasteiger partial charge is 0.240 e. The second kappa shape index (κ2) is 5.13. The predicted octanol–water partition coefficient (Wildman–Crippen LogP) is 1.79. The van der Waals surface area contributed by atoms with Crippen molar-refractivity contribution in [1.82, 2.24) is 20.1 Å². The fraction of sp³-hybridized carbons (Fsp3) is 0.444. The number of aromatic amines is 1. The van der Waals surface area contributed by atoms with Gasteiger partial charge < -0.3 is 14.2 Å². The van der Waals surface area contributed by atoms with Gasteiger partial charge in [0.15, 0.2) is 11.0 Å². The minimum atomic E-state index is 0.0595. The van der Waals surface area contributed by atoms with E-state index in [0.29, 0.717) is 18.3 Å². The molecule has 0 spiro atoms.